The van der Waals surface area contributed by atoms with Crippen molar-refractivity contribution in [2.75, 3.05) is 25.5 Å². The minimum Gasteiger partial charge on any atom is -0.380 e. The van der Waals surface area contributed by atoms with Crippen molar-refractivity contribution in [2.45, 2.75) is 43.4 Å². The number of nitrogens with zero attached hydrogens (tertiary/aromatic N) is 2. The van der Waals surface area contributed by atoms with E-state index in [1.807, 2.05) is 11.8 Å². The van der Waals surface area contributed by atoms with Crippen molar-refractivity contribution < 1.29 is 9.53 Å². The Hall–Kier alpha value is -1.01. The van der Waals surface area contributed by atoms with Crippen LogP contribution in [-0.4, -0.2) is 57.8 Å². The van der Waals surface area contributed by atoms with Gasteiger partial charge in [0.2, 0.25) is 0 Å². The molecule has 4 rings (SSSR count). The van der Waals surface area contributed by atoms with Crippen molar-refractivity contribution in [3.05, 3.63) is 17.0 Å². The molecule has 5 nitrogen and oxygen atoms in total. The van der Waals surface area contributed by atoms with E-state index in [9.17, 15) is 4.79 Å². The highest BCUT2D eigenvalue weighted by atomic mass is 32.2. The number of aryl methyl sites for hydroxylation is 1. The van der Waals surface area contributed by atoms with Gasteiger partial charge in [-0.25, -0.2) is 0 Å². The highest BCUT2D eigenvalue weighted by Gasteiger charge is 2.38. The van der Waals surface area contributed by atoms with Gasteiger partial charge in [0.15, 0.2) is 5.69 Å². The van der Waals surface area contributed by atoms with E-state index in [0.717, 1.165) is 44.8 Å². The smallest absolute Gasteiger partial charge is 0.274 e. The Morgan fingerprint density at radius 1 is 1.38 bits per heavy atom. The van der Waals surface area contributed by atoms with Crippen LogP contribution in [0.1, 0.15) is 41.0 Å². The molecule has 0 unspecified atom stereocenters. The SMILES string of the molecule is O=C(c1n[nH]c2c1CCCC2)N1CCS[C@H]2COCC[C@H]21. The predicted molar refractivity (Wildman–Crippen MR) is 81.7 cm³/mol. The van der Waals surface area contributed by atoms with Crippen LogP contribution >= 0.6 is 11.8 Å². The fourth-order valence-electron chi connectivity index (χ4n) is 3.73. The Morgan fingerprint density at radius 2 is 2.29 bits per heavy atom. The van der Waals surface area contributed by atoms with Crippen molar-refractivity contribution in [3.8, 4) is 0 Å². The Balaban J connectivity index is 1.60. The first-order chi connectivity index (χ1) is 10.3. The standard InChI is InChI=1S/C15H21N3O2S/c19-15(14-10-3-1-2-4-11(10)16-17-14)18-6-8-21-13-9-20-7-5-12(13)18/h12-13H,1-9H2,(H,16,17)/t12-,13+/m1/s1. The van der Waals surface area contributed by atoms with E-state index in [1.54, 1.807) is 0 Å². The van der Waals surface area contributed by atoms with Crippen molar-refractivity contribution in [1.82, 2.24) is 15.1 Å². The maximum atomic E-state index is 13.0. The number of carbonyl (C=O) groups excluding carboxylic acids is 1. The van der Waals surface area contributed by atoms with E-state index < -0.39 is 0 Å². The Morgan fingerprint density at radius 3 is 3.24 bits per heavy atom. The molecule has 0 saturated carbocycles. The van der Waals surface area contributed by atoms with Crippen LogP contribution in [0.15, 0.2) is 0 Å². The zero-order valence-electron chi connectivity index (χ0n) is 12.1. The van der Waals surface area contributed by atoms with Gasteiger partial charge in [-0.05, 0) is 32.1 Å². The molecule has 1 N–H and O–H groups in total. The molecular formula is C15H21N3O2S. The van der Waals surface area contributed by atoms with Crippen molar-refractivity contribution in [2.24, 2.45) is 0 Å². The lowest BCUT2D eigenvalue weighted by molar-refractivity contribution is 0.0315. The van der Waals surface area contributed by atoms with Crippen LogP contribution in [0.2, 0.25) is 0 Å². The predicted octanol–water partition coefficient (Wildman–Crippen LogP) is 1.64. The first-order valence-corrected chi connectivity index (χ1v) is 8.96. The van der Waals surface area contributed by atoms with Crippen molar-refractivity contribution in [1.29, 1.82) is 0 Å². The van der Waals surface area contributed by atoms with Gasteiger partial charge in [0, 0.05) is 41.5 Å². The van der Waals surface area contributed by atoms with Crippen LogP contribution in [0.25, 0.3) is 0 Å². The summed E-state index contributed by atoms with van der Waals surface area (Å²) in [5, 5.41) is 7.88. The van der Waals surface area contributed by atoms with Crippen LogP contribution in [0, 0.1) is 0 Å². The number of hydrogen-bond acceptors (Lipinski definition) is 4. The molecule has 3 aliphatic rings. The van der Waals surface area contributed by atoms with Crippen molar-refractivity contribution in [3.63, 3.8) is 0 Å². The van der Waals surface area contributed by atoms with E-state index >= 15 is 0 Å². The summed E-state index contributed by atoms with van der Waals surface area (Å²) in [4.78, 5) is 15.0. The van der Waals surface area contributed by atoms with Gasteiger partial charge >= 0.3 is 0 Å². The van der Waals surface area contributed by atoms with Gasteiger partial charge in [0.1, 0.15) is 0 Å². The normalized spacial score (nSPS) is 28.9. The second kappa shape index (κ2) is 5.65. The van der Waals surface area contributed by atoms with E-state index in [0.29, 0.717) is 17.0 Å². The molecule has 0 bridgehead atoms. The van der Waals surface area contributed by atoms with Crippen LogP contribution < -0.4 is 0 Å². The van der Waals surface area contributed by atoms with Gasteiger partial charge in [-0.1, -0.05) is 0 Å². The summed E-state index contributed by atoms with van der Waals surface area (Å²) in [7, 11) is 0. The number of aromatic nitrogens is 2. The second-order valence-corrected chi connectivity index (χ2v) is 7.42. The summed E-state index contributed by atoms with van der Waals surface area (Å²) >= 11 is 1.95. The molecule has 2 fully saturated rings. The number of nitrogens with one attached hydrogen (secondary N) is 1. The van der Waals surface area contributed by atoms with Crippen LogP contribution in [-0.2, 0) is 17.6 Å². The maximum absolute atomic E-state index is 13.0. The third-order valence-corrected chi connectivity index (χ3v) is 6.15. The number of hydrogen-bond donors (Lipinski definition) is 1. The molecule has 2 atom stereocenters. The lowest BCUT2D eigenvalue weighted by Crippen LogP contribution is -2.54. The minimum atomic E-state index is 0.131. The summed E-state index contributed by atoms with van der Waals surface area (Å²) in [6.07, 6.45) is 5.35. The topological polar surface area (TPSA) is 58.2 Å². The molecule has 1 aromatic rings. The molecule has 2 aliphatic heterocycles. The number of ether oxygens (including phenoxy) is 1. The molecule has 6 heteroatoms. The third kappa shape index (κ3) is 2.38. The summed E-state index contributed by atoms with van der Waals surface area (Å²) in [5.41, 5.74) is 3.04. The van der Waals surface area contributed by atoms with Crippen molar-refractivity contribution >= 4 is 17.7 Å². The van der Waals surface area contributed by atoms with Crippen LogP contribution in [0.4, 0.5) is 0 Å². The Bertz CT molecular complexity index is 543. The van der Waals surface area contributed by atoms with Gasteiger partial charge in [0.25, 0.3) is 5.91 Å². The van der Waals surface area contributed by atoms with Gasteiger partial charge in [-0.2, -0.15) is 16.9 Å². The van der Waals surface area contributed by atoms with E-state index in [1.165, 1.54) is 24.1 Å². The maximum Gasteiger partial charge on any atom is 0.274 e. The lowest BCUT2D eigenvalue weighted by atomic mass is 9.95. The molecule has 0 spiro atoms. The second-order valence-electron chi connectivity index (χ2n) is 6.08. The Labute approximate surface area is 128 Å². The van der Waals surface area contributed by atoms with E-state index in [-0.39, 0.29) is 5.91 Å². The zero-order valence-corrected chi connectivity index (χ0v) is 13.0. The lowest BCUT2D eigenvalue weighted by Gasteiger charge is -2.43. The molecule has 3 heterocycles. The number of aromatic amines is 1. The molecule has 0 radical (unpaired) electrons. The highest BCUT2D eigenvalue weighted by molar-refractivity contribution is 8.00. The summed E-state index contributed by atoms with van der Waals surface area (Å²) in [6, 6.07) is 0.320. The largest absolute Gasteiger partial charge is 0.380 e. The summed E-state index contributed by atoms with van der Waals surface area (Å²) in [6.45, 7) is 2.38. The summed E-state index contributed by atoms with van der Waals surface area (Å²) in [5.74, 6) is 1.13. The molecule has 1 aromatic heterocycles. The number of carbonyl (C=O) groups is 1. The van der Waals surface area contributed by atoms with E-state index in [4.69, 9.17) is 4.74 Å². The van der Waals surface area contributed by atoms with Crippen LogP contribution in [0.3, 0.4) is 0 Å². The van der Waals surface area contributed by atoms with Gasteiger partial charge in [0.05, 0.1) is 6.61 Å². The van der Waals surface area contributed by atoms with Crippen LogP contribution in [0.5, 0.6) is 0 Å². The number of thioether (sulfide) groups is 1. The van der Waals surface area contributed by atoms with E-state index in [2.05, 4.69) is 15.1 Å². The molecule has 1 amide bonds. The Kier molecular flexibility index (Phi) is 3.67. The average Bonchev–Trinajstić information content (AvgIpc) is 2.98. The summed E-state index contributed by atoms with van der Waals surface area (Å²) < 4.78 is 5.57. The molecule has 21 heavy (non-hydrogen) atoms. The molecule has 2 saturated heterocycles. The van der Waals surface area contributed by atoms with Gasteiger partial charge in [-0.3, -0.25) is 9.89 Å². The first-order valence-electron chi connectivity index (χ1n) is 7.91. The molecule has 114 valence electrons. The fourth-order valence-corrected chi connectivity index (χ4v) is 5.03. The fraction of sp³-hybridized carbons (Fsp3) is 0.733. The average molecular weight is 307 g/mol. The number of amides is 1. The first kappa shape index (κ1) is 13.6. The monoisotopic (exact) mass is 307 g/mol. The third-order valence-electron chi connectivity index (χ3n) is 4.85. The molecule has 0 aromatic carbocycles. The van der Waals surface area contributed by atoms with Gasteiger partial charge in [-0.15, -0.1) is 0 Å². The molecular weight excluding hydrogens is 286 g/mol. The number of rotatable bonds is 1. The van der Waals surface area contributed by atoms with Gasteiger partial charge < -0.3 is 9.64 Å². The molecule has 1 aliphatic carbocycles. The number of fused-ring (bicyclic) bond motifs is 2. The quantitative estimate of drug-likeness (QED) is 0.857. The minimum absolute atomic E-state index is 0.131. The highest BCUT2D eigenvalue weighted by Crippen LogP contribution is 2.32. The zero-order chi connectivity index (χ0) is 14.2. The number of H-pyrrole nitrogens is 1.